The number of carbonyl (C=O) groups is 1. The summed E-state index contributed by atoms with van der Waals surface area (Å²) in [7, 11) is 0. The number of carbonyl (C=O) groups excluding carboxylic acids is 1. The maximum absolute atomic E-state index is 12.2. The van der Waals surface area contributed by atoms with Crippen molar-refractivity contribution in [1.29, 1.82) is 0 Å². The molecular formula is C17H17BrN2O2S. The molecule has 0 fully saturated rings. The van der Waals surface area contributed by atoms with E-state index >= 15 is 0 Å². The second-order valence-corrected chi connectivity index (χ2v) is 6.09. The molecule has 2 aromatic rings. The molecular weight excluding hydrogens is 376 g/mol. The highest BCUT2D eigenvalue weighted by molar-refractivity contribution is 9.10. The van der Waals surface area contributed by atoms with E-state index in [1.807, 2.05) is 44.2 Å². The number of aryl methyl sites for hydroxylation is 1. The predicted octanol–water partition coefficient (Wildman–Crippen LogP) is 4.28. The van der Waals surface area contributed by atoms with Gasteiger partial charge in [0.2, 0.25) is 0 Å². The van der Waals surface area contributed by atoms with Crippen LogP contribution in [0.15, 0.2) is 46.9 Å². The molecule has 0 aliphatic carbocycles. The van der Waals surface area contributed by atoms with Crippen molar-refractivity contribution in [2.24, 2.45) is 0 Å². The van der Waals surface area contributed by atoms with Crippen molar-refractivity contribution in [2.45, 2.75) is 13.8 Å². The lowest BCUT2D eigenvalue weighted by atomic mass is 10.1. The van der Waals surface area contributed by atoms with Crippen LogP contribution in [0.2, 0.25) is 0 Å². The minimum atomic E-state index is -0.255. The number of ether oxygens (including phenoxy) is 1. The predicted molar refractivity (Wildman–Crippen MR) is 100 cm³/mol. The van der Waals surface area contributed by atoms with Crippen LogP contribution >= 0.6 is 28.1 Å². The zero-order valence-electron chi connectivity index (χ0n) is 12.9. The lowest BCUT2D eigenvalue weighted by molar-refractivity contribution is 0.0977. The summed E-state index contributed by atoms with van der Waals surface area (Å²) in [6.07, 6.45) is 0. The van der Waals surface area contributed by atoms with E-state index in [1.54, 1.807) is 12.1 Å². The van der Waals surface area contributed by atoms with Gasteiger partial charge in [0.15, 0.2) is 5.11 Å². The van der Waals surface area contributed by atoms with Crippen molar-refractivity contribution < 1.29 is 9.53 Å². The van der Waals surface area contributed by atoms with Crippen LogP contribution in [0.25, 0.3) is 0 Å². The standard InChI is InChI=1S/C17H17BrN2O2S/c1-3-22-14-8-6-13(7-9-14)19-17(23)20-16(21)12-5-4-11(2)15(18)10-12/h4-10H,3H2,1-2H3,(H2,19,20,21,23). The van der Waals surface area contributed by atoms with Crippen molar-refractivity contribution in [3.8, 4) is 5.75 Å². The highest BCUT2D eigenvalue weighted by Crippen LogP contribution is 2.18. The van der Waals surface area contributed by atoms with Gasteiger partial charge in [-0.3, -0.25) is 10.1 Å². The summed E-state index contributed by atoms with van der Waals surface area (Å²) >= 11 is 8.58. The lowest BCUT2D eigenvalue weighted by Crippen LogP contribution is -2.34. The van der Waals surface area contributed by atoms with Crippen molar-refractivity contribution in [2.75, 3.05) is 11.9 Å². The third-order valence-corrected chi connectivity index (χ3v) is 4.14. The number of hydrogen-bond donors (Lipinski definition) is 2. The molecule has 4 nitrogen and oxygen atoms in total. The number of nitrogens with one attached hydrogen (secondary N) is 2. The number of benzene rings is 2. The smallest absolute Gasteiger partial charge is 0.257 e. The zero-order chi connectivity index (χ0) is 16.8. The molecule has 23 heavy (non-hydrogen) atoms. The largest absolute Gasteiger partial charge is 0.494 e. The first-order valence-corrected chi connectivity index (χ1v) is 8.31. The molecule has 0 saturated carbocycles. The highest BCUT2D eigenvalue weighted by Gasteiger charge is 2.09. The van der Waals surface area contributed by atoms with E-state index in [9.17, 15) is 4.79 Å². The van der Waals surface area contributed by atoms with Gasteiger partial charge in [0.05, 0.1) is 6.61 Å². The van der Waals surface area contributed by atoms with Gasteiger partial charge < -0.3 is 10.1 Å². The molecule has 0 unspecified atom stereocenters. The van der Waals surface area contributed by atoms with Crippen molar-refractivity contribution in [3.05, 3.63) is 58.1 Å². The van der Waals surface area contributed by atoms with E-state index in [4.69, 9.17) is 17.0 Å². The Morgan fingerprint density at radius 2 is 1.91 bits per heavy atom. The number of halogens is 1. The molecule has 120 valence electrons. The fraction of sp³-hybridized carbons (Fsp3) is 0.176. The van der Waals surface area contributed by atoms with Gasteiger partial charge in [-0.15, -0.1) is 0 Å². The maximum Gasteiger partial charge on any atom is 0.257 e. The first kappa shape index (κ1) is 17.4. The van der Waals surface area contributed by atoms with Crippen LogP contribution in [-0.4, -0.2) is 17.6 Å². The fourth-order valence-electron chi connectivity index (χ4n) is 1.87. The summed E-state index contributed by atoms with van der Waals surface area (Å²) in [4.78, 5) is 12.2. The summed E-state index contributed by atoms with van der Waals surface area (Å²) < 4.78 is 6.26. The van der Waals surface area contributed by atoms with E-state index in [0.29, 0.717) is 12.2 Å². The Hall–Kier alpha value is -1.92. The van der Waals surface area contributed by atoms with Gasteiger partial charge in [-0.2, -0.15) is 0 Å². The van der Waals surface area contributed by atoms with E-state index < -0.39 is 0 Å². The fourth-order valence-corrected chi connectivity index (χ4v) is 2.46. The van der Waals surface area contributed by atoms with E-state index in [1.165, 1.54) is 0 Å². The SMILES string of the molecule is CCOc1ccc(NC(=S)NC(=O)c2ccc(C)c(Br)c2)cc1. The average molecular weight is 393 g/mol. The molecule has 0 bridgehead atoms. The molecule has 2 rings (SSSR count). The summed E-state index contributed by atoms with van der Waals surface area (Å²) in [5, 5.41) is 5.88. The number of amides is 1. The number of anilines is 1. The van der Waals surface area contributed by atoms with Gasteiger partial charge in [-0.25, -0.2) is 0 Å². The molecule has 0 aliphatic heterocycles. The molecule has 6 heteroatoms. The molecule has 0 radical (unpaired) electrons. The van der Waals surface area contributed by atoms with Gasteiger partial charge in [0, 0.05) is 15.7 Å². The van der Waals surface area contributed by atoms with Gasteiger partial charge >= 0.3 is 0 Å². The summed E-state index contributed by atoms with van der Waals surface area (Å²) in [5.74, 6) is 0.534. The summed E-state index contributed by atoms with van der Waals surface area (Å²) in [6.45, 7) is 4.51. The molecule has 2 N–H and O–H groups in total. The van der Waals surface area contributed by atoms with Crippen molar-refractivity contribution in [1.82, 2.24) is 5.32 Å². The Balaban J connectivity index is 1.95. The van der Waals surface area contributed by atoms with Gasteiger partial charge in [-0.1, -0.05) is 22.0 Å². The van der Waals surface area contributed by atoms with Gasteiger partial charge in [-0.05, 0) is 68.0 Å². The van der Waals surface area contributed by atoms with Gasteiger partial charge in [0.25, 0.3) is 5.91 Å². The normalized spacial score (nSPS) is 10.0. The van der Waals surface area contributed by atoms with Crippen LogP contribution < -0.4 is 15.4 Å². The summed E-state index contributed by atoms with van der Waals surface area (Å²) in [5.41, 5.74) is 2.39. The Labute approximate surface area is 149 Å². The topological polar surface area (TPSA) is 50.4 Å². The minimum absolute atomic E-state index is 0.246. The van der Waals surface area contributed by atoms with Gasteiger partial charge in [0.1, 0.15) is 5.75 Å². The Kier molecular flexibility index (Phi) is 6.12. The van der Waals surface area contributed by atoms with Crippen LogP contribution in [0.3, 0.4) is 0 Å². The van der Waals surface area contributed by atoms with E-state index in [2.05, 4.69) is 26.6 Å². The maximum atomic E-state index is 12.2. The number of rotatable bonds is 4. The molecule has 0 atom stereocenters. The van der Waals surface area contributed by atoms with Crippen LogP contribution in [0.1, 0.15) is 22.8 Å². The molecule has 0 aliphatic rings. The Bertz CT molecular complexity index is 717. The van der Waals surface area contributed by atoms with E-state index in [0.717, 1.165) is 21.5 Å². The molecule has 0 heterocycles. The molecule has 0 aromatic heterocycles. The number of hydrogen-bond acceptors (Lipinski definition) is 3. The van der Waals surface area contributed by atoms with Crippen LogP contribution in [-0.2, 0) is 0 Å². The second-order valence-electron chi connectivity index (χ2n) is 4.83. The number of thiocarbonyl (C=S) groups is 1. The average Bonchev–Trinajstić information content (AvgIpc) is 2.52. The monoisotopic (exact) mass is 392 g/mol. The molecule has 0 saturated heterocycles. The van der Waals surface area contributed by atoms with Crippen LogP contribution in [0.4, 0.5) is 5.69 Å². The molecule has 1 amide bonds. The third-order valence-electron chi connectivity index (χ3n) is 3.08. The van der Waals surface area contributed by atoms with Crippen LogP contribution in [0.5, 0.6) is 5.75 Å². The minimum Gasteiger partial charge on any atom is -0.494 e. The van der Waals surface area contributed by atoms with Crippen molar-refractivity contribution >= 4 is 44.9 Å². The quantitative estimate of drug-likeness (QED) is 0.762. The molecule has 0 spiro atoms. The Morgan fingerprint density at radius 1 is 1.22 bits per heavy atom. The Morgan fingerprint density at radius 3 is 2.52 bits per heavy atom. The van der Waals surface area contributed by atoms with Crippen LogP contribution in [0, 0.1) is 6.92 Å². The molecule has 2 aromatic carbocycles. The third kappa shape index (κ3) is 5.04. The first-order valence-electron chi connectivity index (χ1n) is 7.11. The zero-order valence-corrected chi connectivity index (χ0v) is 15.3. The summed E-state index contributed by atoms with van der Waals surface area (Å²) in [6, 6.07) is 12.8. The lowest BCUT2D eigenvalue weighted by Gasteiger charge is -2.11. The highest BCUT2D eigenvalue weighted by atomic mass is 79.9. The second kappa shape index (κ2) is 8.08. The first-order chi connectivity index (χ1) is 11.0. The van der Waals surface area contributed by atoms with Crippen molar-refractivity contribution in [3.63, 3.8) is 0 Å². The van der Waals surface area contributed by atoms with E-state index in [-0.39, 0.29) is 11.0 Å².